The van der Waals surface area contributed by atoms with Crippen molar-refractivity contribution in [2.24, 2.45) is 0 Å². The first kappa shape index (κ1) is 9.55. The Bertz CT molecular complexity index is 278. The van der Waals surface area contributed by atoms with E-state index in [1.165, 1.54) is 0 Å². The van der Waals surface area contributed by atoms with Crippen LogP contribution < -0.4 is 5.32 Å². The molecule has 1 aromatic heterocycles. The molecule has 1 aliphatic carbocycles. The summed E-state index contributed by atoms with van der Waals surface area (Å²) in [5, 5.41) is 12.9. The number of hydrogen-bond donors (Lipinski definition) is 2. The van der Waals surface area contributed by atoms with Crippen molar-refractivity contribution >= 4 is 0 Å². The van der Waals surface area contributed by atoms with Gasteiger partial charge >= 0.3 is 0 Å². The first-order valence-electron chi connectivity index (χ1n) is 5.02. The van der Waals surface area contributed by atoms with E-state index in [0.29, 0.717) is 6.54 Å². The van der Waals surface area contributed by atoms with Crippen molar-refractivity contribution < 1.29 is 5.11 Å². The van der Waals surface area contributed by atoms with Crippen LogP contribution in [0, 0.1) is 0 Å². The minimum atomic E-state index is -0.183. The van der Waals surface area contributed by atoms with E-state index >= 15 is 0 Å². The Labute approximate surface area is 83.4 Å². The Hall–Kier alpha value is -1.00. The van der Waals surface area contributed by atoms with Gasteiger partial charge in [0.1, 0.15) is 6.33 Å². The summed E-state index contributed by atoms with van der Waals surface area (Å²) in [6.07, 6.45) is 6.19. The molecular weight excluding hydrogens is 178 g/mol. The molecule has 1 saturated carbocycles. The summed E-state index contributed by atoms with van der Waals surface area (Å²) in [7, 11) is 0. The molecule has 0 aromatic carbocycles. The third kappa shape index (κ3) is 2.27. The van der Waals surface area contributed by atoms with Crippen molar-refractivity contribution in [3.05, 3.63) is 24.3 Å². The molecule has 4 heteroatoms. The second kappa shape index (κ2) is 4.48. The maximum absolute atomic E-state index is 9.57. The smallest absolute Gasteiger partial charge is 0.115 e. The van der Waals surface area contributed by atoms with Crippen LogP contribution in [0.5, 0.6) is 0 Å². The molecule has 2 atom stereocenters. The van der Waals surface area contributed by atoms with Gasteiger partial charge < -0.3 is 10.4 Å². The topological polar surface area (TPSA) is 58.0 Å². The van der Waals surface area contributed by atoms with Crippen LogP contribution in [0.15, 0.2) is 18.6 Å². The van der Waals surface area contributed by atoms with Gasteiger partial charge in [-0.2, -0.15) is 0 Å². The first-order valence-corrected chi connectivity index (χ1v) is 5.02. The number of nitrogens with one attached hydrogen (secondary N) is 1. The summed E-state index contributed by atoms with van der Waals surface area (Å²) in [5.41, 5.74) is 0.971. The van der Waals surface area contributed by atoms with Crippen LogP contribution in [-0.4, -0.2) is 27.2 Å². The van der Waals surface area contributed by atoms with Crippen molar-refractivity contribution in [2.45, 2.75) is 38.0 Å². The molecule has 0 aliphatic heterocycles. The van der Waals surface area contributed by atoms with E-state index in [9.17, 15) is 5.11 Å². The van der Waals surface area contributed by atoms with Crippen LogP contribution in [-0.2, 0) is 6.54 Å². The highest BCUT2D eigenvalue weighted by molar-refractivity contribution is 4.98. The molecule has 0 spiro atoms. The van der Waals surface area contributed by atoms with Gasteiger partial charge in [-0.15, -0.1) is 0 Å². The molecule has 4 nitrogen and oxygen atoms in total. The number of rotatable bonds is 3. The monoisotopic (exact) mass is 193 g/mol. The van der Waals surface area contributed by atoms with Gasteiger partial charge in [0.25, 0.3) is 0 Å². The Kier molecular flexibility index (Phi) is 3.06. The molecule has 0 bridgehead atoms. The zero-order chi connectivity index (χ0) is 9.80. The van der Waals surface area contributed by atoms with Crippen LogP contribution in [0.2, 0.25) is 0 Å². The zero-order valence-corrected chi connectivity index (χ0v) is 8.06. The largest absolute Gasteiger partial charge is 0.392 e. The molecule has 0 amide bonds. The number of aromatic nitrogens is 2. The minimum Gasteiger partial charge on any atom is -0.392 e. The fraction of sp³-hybridized carbons (Fsp3) is 0.600. The second-order valence-electron chi connectivity index (χ2n) is 3.69. The van der Waals surface area contributed by atoms with Crippen LogP contribution in [0.4, 0.5) is 0 Å². The Balaban J connectivity index is 1.82. The summed E-state index contributed by atoms with van der Waals surface area (Å²) >= 11 is 0. The zero-order valence-electron chi connectivity index (χ0n) is 8.06. The van der Waals surface area contributed by atoms with E-state index in [4.69, 9.17) is 0 Å². The molecule has 14 heavy (non-hydrogen) atoms. The normalized spacial score (nSPS) is 26.6. The van der Waals surface area contributed by atoms with Gasteiger partial charge in [-0.05, 0) is 25.3 Å². The lowest BCUT2D eigenvalue weighted by Gasteiger charge is -2.15. The molecule has 1 aliphatic rings. The molecular formula is C10H15N3O. The van der Waals surface area contributed by atoms with Crippen molar-refractivity contribution in [3.63, 3.8) is 0 Å². The number of aliphatic hydroxyl groups is 1. The van der Waals surface area contributed by atoms with Crippen LogP contribution >= 0.6 is 0 Å². The van der Waals surface area contributed by atoms with Gasteiger partial charge in [0.2, 0.25) is 0 Å². The molecule has 0 radical (unpaired) electrons. The predicted octanol–water partition coefficient (Wildman–Crippen LogP) is 0.480. The highest BCUT2D eigenvalue weighted by Gasteiger charge is 2.24. The van der Waals surface area contributed by atoms with E-state index < -0.39 is 0 Å². The Morgan fingerprint density at radius 1 is 1.50 bits per heavy atom. The number of hydrogen-bond acceptors (Lipinski definition) is 4. The summed E-state index contributed by atoms with van der Waals surface area (Å²) in [5.74, 6) is 0. The fourth-order valence-electron chi connectivity index (χ4n) is 1.84. The van der Waals surface area contributed by atoms with Crippen LogP contribution in [0.3, 0.4) is 0 Å². The highest BCUT2D eigenvalue weighted by Crippen LogP contribution is 2.18. The molecule has 0 unspecified atom stereocenters. The maximum atomic E-state index is 9.57. The summed E-state index contributed by atoms with van der Waals surface area (Å²) in [4.78, 5) is 7.96. The standard InChI is InChI=1S/C10H15N3O/c14-10-3-1-2-9(10)12-6-8-4-5-11-7-13-8/h4-5,7,9-10,12,14H,1-3,6H2/t9-,10-/m0/s1. The SMILES string of the molecule is O[C@H]1CCC[C@@H]1NCc1ccncn1. The lowest BCUT2D eigenvalue weighted by atomic mass is 10.2. The van der Waals surface area contributed by atoms with E-state index in [1.54, 1.807) is 12.5 Å². The van der Waals surface area contributed by atoms with E-state index in [1.807, 2.05) is 6.07 Å². The van der Waals surface area contributed by atoms with Gasteiger partial charge in [-0.1, -0.05) is 0 Å². The number of aliphatic hydroxyl groups excluding tert-OH is 1. The number of nitrogens with zero attached hydrogens (tertiary/aromatic N) is 2. The van der Waals surface area contributed by atoms with Gasteiger partial charge in [0.05, 0.1) is 11.8 Å². The fourth-order valence-corrected chi connectivity index (χ4v) is 1.84. The van der Waals surface area contributed by atoms with Crippen LogP contribution in [0.25, 0.3) is 0 Å². The third-order valence-corrected chi connectivity index (χ3v) is 2.67. The van der Waals surface area contributed by atoms with Gasteiger partial charge in [0.15, 0.2) is 0 Å². The molecule has 0 saturated heterocycles. The van der Waals surface area contributed by atoms with Crippen molar-refractivity contribution in [3.8, 4) is 0 Å². The summed E-state index contributed by atoms with van der Waals surface area (Å²) in [6, 6.07) is 2.12. The molecule has 1 heterocycles. The maximum Gasteiger partial charge on any atom is 0.115 e. The summed E-state index contributed by atoms with van der Waals surface area (Å²) < 4.78 is 0. The predicted molar refractivity (Wildman–Crippen MR) is 52.5 cm³/mol. The first-order chi connectivity index (χ1) is 6.86. The molecule has 76 valence electrons. The molecule has 2 N–H and O–H groups in total. The van der Waals surface area contributed by atoms with Crippen molar-refractivity contribution in [1.29, 1.82) is 0 Å². The highest BCUT2D eigenvalue weighted by atomic mass is 16.3. The van der Waals surface area contributed by atoms with Crippen molar-refractivity contribution in [1.82, 2.24) is 15.3 Å². The minimum absolute atomic E-state index is 0.183. The van der Waals surface area contributed by atoms with Crippen LogP contribution in [0.1, 0.15) is 25.0 Å². The average Bonchev–Trinajstić information content (AvgIpc) is 2.63. The van der Waals surface area contributed by atoms with Gasteiger partial charge in [-0.3, -0.25) is 0 Å². The Morgan fingerprint density at radius 2 is 2.43 bits per heavy atom. The lowest BCUT2D eigenvalue weighted by molar-refractivity contribution is 0.148. The van der Waals surface area contributed by atoms with Crippen molar-refractivity contribution in [2.75, 3.05) is 0 Å². The Morgan fingerprint density at radius 3 is 3.07 bits per heavy atom. The average molecular weight is 193 g/mol. The molecule has 1 fully saturated rings. The molecule has 1 aromatic rings. The third-order valence-electron chi connectivity index (χ3n) is 2.67. The van der Waals surface area contributed by atoms with Gasteiger partial charge in [0, 0.05) is 18.8 Å². The van der Waals surface area contributed by atoms with E-state index in [-0.39, 0.29) is 12.1 Å². The summed E-state index contributed by atoms with van der Waals surface area (Å²) in [6.45, 7) is 0.713. The quantitative estimate of drug-likeness (QED) is 0.733. The molecule has 2 rings (SSSR count). The van der Waals surface area contributed by atoms with E-state index in [0.717, 1.165) is 25.0 Å². The van der Waals surface area contributed by atoms with Gasteiger partial charge in [-0.25, -0.2) is 9.97 Å². The second-order valence-corrected chi connectivity index (χ2v) is 3.69. The van der Waals surface area contributed by atoms with E-state index in [2.05, 4.69) is 15.3 Å². The lowest BCUT2D eigenvalue weighted by Crippen LogP contribution is -2.35.